The topological polar surface area (TPSA) is 116 Å². The molecular weight excluding hydrogens is 346 g/mol. The normalized spacial score (nSPS) is 26.1. The van der Waals surface area contributed by atoms with Gasteiger partial charge >= 0.3 is 5.84 Å². The van der Waals surface area contributed by atoms with E-state index in [0.717, 1.165) is 11.4 Å². The number of nitrogens with zero attached hydrogens (tertiary/aromatic N) is 2. The van der Waals surface area contributed by atoms with Gasteiger partial charge in [-0.05, 0) is 31.1 Å². The highest BCUT2D eigenvalue weighted by molar-refractivity contribution is 6.14. The van der Waals surface area contributed by atoms with Crippen molar-refractivity contribution in [2.24, 2.45) is 10.7 Å². The first-order valence-electron chi connectivity index (χ1n) is 9.18. The molecule has 3 atom stereocenters. The van der Waals surface area contributed by atoms with Crippen LogP contribution in [0.1, 0.15) is 19.8 Å². The second-order valence-corrected chi connectivity index (χ2v) is 6.94. The van der Waals surface area contributed by atoms with Crippen LogP contribution >= 0.6 is 0 Å². The zero-order valence-corrected chi connectivity index (χ0v) is 15.8. The Bertz CT molecular complexity index is 750. The van der Waals surface area contributed by atoms with Crippen LogP contribution in [0.15, 0.2) is 40.2 Å². The molecule has 3 rings (SSSR count). The number of allylic oxidation sites excluding steroid dienone is 2. The minimum atomic E-state index is -0.368. The maximum Gasteiger partial charge on any atom is 0.321 e. The molecule has 27 heavy (non-hydrogen) atoms. The summed E-state index contributed by atoms with van der Waals surface area (Å²) in [5.74, 6) is 1.46. The number of hydrogen-bond donors (Lipinski definition) is 4. The highest BCUT2D eigenvalue weighted by atomic mass is 16.5. The lowest BCUT2D eigenvalue weighted by atomic mass is 9.92. The number of aliphatic hydroxyl groups excluding tert-OH is 1. The first-order chi connectivity index (χ1) is 13.0. The van der Waals surface area contributed by atoms with Crippen molar-refractivity contribution in [2.45, 2.75) is 38.0 Å². The van der Waals surface area contributed by atoms with Crippen molar-refractivity contribution in [3.05, 3.63) is 35.3 Å². The van der Waals surface area contributed by atoms with Crippen molar-refractivity contribution >= 4 is 17.8 Å². The summed E-state index contributed by atoms with van der Waals surface area (Å²) in [5, 5.41) is 21.5. The fourth-order valence-electron chi connectivity index (χ4n) is 3.26. The molecular formula is C19H28N5O3+. The lowest BCUT2D eigenvalue weighted by Gasteiger charge is -2.24. The van der Waals surface area contributed by atoms with Crippen LogP contribution in [-0.4, -0.2) is 72.6 Å². The van der Waals surface area contributed by atoms with Gasteiger partial charge in [-0.25, -0.2) is 4.58 Å². The lowest BCUT2D eigenvalue weighted by Crippen LogP contribution is -2.36. The van der Waals surface area contributed by atoms with Gasteiger partial charge in [0, 0.05) is 19.6 Å². The number of amidine groups is 1. The molecule has 0 aromatic carbocycles. The summed E-state index contributed by atoms with van der Waals surface area (Å²) in [5.41, 5.74) is 7.97. The van der Waals surface area contributed by atoms with E-state index in [1.54, 1.807) is 7.11 Å². The van der Waals surface area contributed by atoms with E-state index < -0.39 is 0 Å². The van der Waals surface area contributed by atoms with Gasteiger partial charge in [0.2, 0.25) is 6.67 Å². The molecule has 3 aliphatic rings. The Morgan fingerprint density at radius 1 is 1.48 bits per heavy atom. The Kier molecular flexibility index (Phi) is 6.20. The molecule has 5 N–H and O–H groups in total. The summed E-state index contributed by atoms with van der Waals surface area (Å²) < 4.78 is 12.9. The van der Waals surface area contributed by atoms with Crippen LogP contribution in [0.2, 0.25) is 0 Å². The SMILES string of the molecule is COCC(C)OC1=CCC(N)C(C(=N)C2=CC([N+]3=CCC(O)C3)=NCN2)=C1. The van der Waals surface area contributed by atoms with E-state index in [2.05, 4.69) is 10.3 Å². The third kappa shape index (κ3) is 4.71. The first kappa shape index (κ1) is 19.5. The van der Waals surface area contributed by atoms with E-state index in [1.165, 1.54) is 0 Å². The Hall–Kier alpha value is -2.29. The Morgan fingerprint density at radius 2 is 2.30 bits per heavy atom. The van der Waals surface area contributed by atoms with Crippen molar-refractivity contribution in [2.75, 3.05) is 26.9 Å². The van der Waals surface area contributed by atoms with E-state index in [9.17, 15) is 5.11 Å². The summed E-state index contributed by atoms with van der Waals surface area (Å²) in [7, 11) is 1.64. The largest absolute Gasteiger partial charge is 0.489 e. The van der Waals surface area contributed by atoms with Gasteiger partial charge in [0.15, 0.2) is 0 Å². The number of β-amino-alcohol motifs (C(OH)–C–C–N with tert-alkyl or cyclic N) is 1. The number of ether oxygens (including phenoxy) is 2. The van der Waals surface area contributed by atoms with Gasteiger partial charge in [-0.1, -0.05) is 4.99 Å². The molecule has 8 nitrogen and oxygen atoms in total. The van der Waals surface area contributed by atoms with Crippen LogP contribution in [-0.2, 0) is 9.47 Å². The molecule has 146 valence electrons. The van der Waals surface area contributed by atoms with Crippen LogP contribution < -0.4 is 11.1 Å². The summed E-state index contributed by atoms with van der Waals surface area (Å²) in [4.78, 5) is 4.43. The van der Waals surface area contributed by atoms with Gasteiger partial charge in [-0.2, -0.15) is 0 Å². The summed E-state index contributed by atoms with van der Waals surface area (Å²) in [6, 6.07) is -0.257. The third-order valence-electron chi connectivity index (χ3n) is 4.65. The number of methoxy groups -OCH3 is 1. The zero-order valence-electron chi connectivity index (χ0n) is 15.8. The molecule has 0 saturated carbocycles. The number of rotatable bonds is 6. The maximum atomic E-state index is 9.72. The maximum absolute atomic E-state index is 9.72. The van der Waals surface area contributed by atoms with Gasteiger partial charge in [0.25, 0.3) is 0 Å². The number of aliphatic hydroxyl groups is 1. The lowest BCUT2D eigenvalue weighted by molar-refractivity contribution is -0.402. The van der Waals surface area contributed by atoms with Crippen molar-refractivity contribution in [1.29, 1.82) is 5.41 Å². The first-order valence-corrected chi connectivity index (χ1v) is 9.18. The fourth-order valence-corrected chi connectivity index (χ4v) is 3.26. The van der Waals surface area contributed by atoms with Crippen LogP contribution in [0.5, 0.6) is 0 Å². The second kappa shape index (κ2) is 8.60. The van der Waals surface area contributed by atoms with E-state index >= 15 is 0 Å². The smallest absolute Gasteiger partial charge is 0.321 e. The number of nitrogens with two attached hydrogens (primary N) is 1. The number of nitrogens with one attached hydrogen (secondary N) is 2. The van der Waals surface area contributed by atoms with Gasteiger partial charge in [0.05, 0.1) is 36.4 Å². The average Bonchev–Trinajstić information content (AvgIpc) is 3.09. The van der Waals surface area contributed by atoms with Gasteiger partial charge in [-0.3, -0.25) is 5.41 Å². The quantitative estimate of drug-likeness (QED) is 0.394. The number of hydrogen-bond acceptors (Lipinski definition) is 7. The van der Waals surface area contributed by atoms with Crippen LogP contribution in [0.4, 0.5) is 0 Å². The van der Waals surface area contributed by atoms with Crippen molar-refractivity contribution in [3.63, 3.8) is 0 Å². The van der Waals surface area contributed by atoms with E-state index in [-0.39, 0.29) is 18.2 Å². The molecule has 0 radical (unpaired) electrons. The molecule has 0 fully saturated rings. The van der Waals surface area contributed by atoms with Crippen molar-refractivity contribution in [3.8, 4) is 0 Å². The van der Waals surface area contributed by atoms with Crippen LogP contribution in [0.3, 0.4) is 0 Å². The predicted octanol–water partition coefficient (Wildman–Crippen LogP) is 0.290. The van der Waals surface area contributed by atoms with Crippen molar-refractivity contribution < 1.29 is 19.2 Å². The summed E-state index contributed by atoms with van der Waals surface area (Å²) in [6.07, 6.45) is 8.34. The Labute approximate surface area is 159 Å². The number of aliphatic imine (C=N–C) groups is 1. The standard InChI is InChI=1S/C19H28N5O3/c1-12(10-26-2)27-14-3-4-16(20)15(7-14)19(21)17-8-18(23-11-22-17)24-6-5-13(25)9-24/h3,6-8,12-13,16,21-22,25H,4-5,9-11,20H2,1-2H3/q+1. The summed E-state index contributed by atoms with van der Waals surface area (Å²) in [6.45, 7) is 3.34. The molecule has 0 bridgehead atoms. The molecule has 0 spiro atoms. The van der Waals surface area contributed by atoms with E-state index in [4.69, 9.17) is 20.6 Å². The van der Waals surface area contributed by atoms with E-state index in [0.29, 0.717) is 49.8 Å². The Balaban J connectivity index is 1.75. The summed E-state index contributed by atoms with van der Waals surface area (Å²) >= 11 is 0. The van der Waals surface area contributed by atoms with Gasteiger partial charge in [-0.15, -0.1) is 0 Å². The van der Waals surface area contributed by atoms with Crippen molar-refractivity contribution in [1.82, 2.24) is 5.32 Å². The molecule has 3 unspecified atom stereocenters. The average molecular weight is 374 g/mol. The molecule has 8 heteroatoms. The predicted molar refractivity (Wildman–Crippen MR) is 104 cm³/mol. The second-order valence-electron chi connectivity index (χ2n) is 6.94. The van der Waals surface area contributed by atoms with Crippen LogP contribution in [0, 0.1) is 5.41 Å². The molecule has 2 heterocycles. The molecule has 0 aromatic rings. The molecule has 0 saturated heterocycles. The van der Waals surface area contributed by atoms with Gasteiger partial charge < -0.3 is 25.6 Å². The third-order valence-corrected chi connectivity index (χ3v) is 4.65. The monoisotopic (exact) mass is 374 g/mol. The molecule has 0 aromatic heterocycles. The van der Waals surface area contributed by atoms with E-state index in [1.807, 2.05) is 35.9 Å². The van der Waals surface area contributed by atoms with Crippen LogP contribution in [0.25, 0.3) is 0 Å². The highest BCUT2D eigenvalue weighted by Gasteiger charge is 2.28. The fraction of sp³-hybridized carbons (Fsp3) is 0.526. The highest BCUT2D eigenvalue weighted by Crippen LogP contribution is 2.22. The molecule has 1 aliphatic carbocycles. The Morgan fingerprint density at radius 3 is 3.00 bits per heavy atom. The molecule has 2 aliphatic heterocycles. The minimum absolute atomic E-state index is 0.0786. The zero-order chi connectivity index (χ0) is 19.4. The molecule has 0 amide bonds. The van der Waals surface area contributed by atoms with Gasteiger partial charge in [0.1, 0.15) is 18.4 Å². The minimum Gasteiger partial charge on any atom is -0.489 e.